The minimum absolute atomic E-state index is 0.211. The Hall–Kier alpha value is -3.26. The highest BCUT2D eigenvalue weighted by Crippen LogP contribution is 2.28. The number of thiophene rings is 1. The molecule has 1 aromatic carbocycles. The fourth-order valence-corrected chi connectivity index (χ4v) is 4.36. The maximum absolute atomic E-state index is 13.4. The van der Waals surface area contributed by atoms with E-state index in [0.29, 0.717) is 33.2 Å². The molecule has 142 valence electrons. The van der Waals surface area contributed by atoms with E-state index in [2.05, 4.69) is 5.10 Å². The quantitative estimate of drug-likeness (QED) is 0.577. The molecule has 0 aliphatic heterocycles. The first-order chi connectivity index (χ1) is 13.4. The molecule has 8 heteroatoms. The van der Waals surface area contributed by atoms with Crippen LogP contribution < -0.4 is 11.3 Å². The van der Waals surface area contributed by atoms with E-state index < -0.39 is 5.91 Å². The number of aryl methyl sites for hydroxylation is 3. The maximum atomic E-state index is 13.4. The van der Waals surface area contributed by atoms with Crippen molar-refractivity contribution in [2.75, 3.05) is 0 Å². The summed E-state index contributed by atoms with van der Waals surface area (Å²) < 4.78 is 3.26. The number of carbonyl (C=O) groups is 1. The molecule has 4 rings (SSSR count). The van der Waals surface area contributed by atoms with Gasteiger partial charge in [-0.15, -0.1) is 11.3 Å². The van der Waals surface area contributed by atoms with Gasteiger partial charge in [-0.2, -0.15) is 5.10 Å². The lowest BCUT2D eigenvalue weighted by molar-refractivity contribution is 0.100. The molecule has 4 aromatic rings. The molecule has 0 atom stereocenters. The second-order valence-corrected chi connectivity index (χ2v) is 7.73. The van der Waals surface area contributed by atoms with Gasteiger partial charge in [0.15, 0.2) is 0 Å². The van der Waals surface area contributed by atoms with Gasteiger partial charge in [0, 0.05) is 5.69 Å². The van der Waals surface area contributed by atoms with Crippen LogP contribution in [-0.4, -0.2) is 25.2 Å². The van der Waals surface area contributed by atoms with Crippen LogP contribution in [-0.2, 0) is 6.54 Å². The van der Waals surface area contributed by atoms with E-state index >= 15 is 0 Å². The minimum Gasteiger partial charge on any atom is -0.365 e. The van der Waals surface area contributed by atoms with Crippen LogP contribution in [0.3, 0.4) is 0 Å². The monoisotopic (exact) mass is 393 g/mol. The summed E-state index contributed by atoms with van der Waals surface area (Å²) in [5.41, 5.74) is 8.52. The number of carbonyl (C=O) groups excluding carboxylic acids is 1. The standard InChI is InChI=1S/C20H19N5O2S/c1-11-9-12(2)25(23-11)20-22-18-15(13(3)16(28-18)17(21)26)19(27)24(20)10-14-7-5-4-6-8-14/h4-9H,10H2,1-3H3,(H2,21,26). The molecule has 3 heterocycles. The van der Waals surface area contributed by atoms with Crippen molar-refractivity contribution in [1.82, 2.24) is 19.3 Å². The Morgan fingerprint density at radius 1 is 1.18 bits per heavy atom. The van der Waals surface area contributed by atoms with Crippen molar-refractivity contribution in [1.29, 1.82) is 0 Å². The molecule has 3 aromatic heterocycles. The lowest BCUT2D eigenvalue weighted by Crippen LogP contribution is -2.27. The van der Waals surface area contributed by atoms with E-state index in [4.69, 9.17) is 10.7 Å². The van der Waals surface area contributed by atoms with Gasteiger partial charge in [0.1, 0.15) is 4.83 Å². The molecule has 0 aliphatic carbocycles. The van der Waals surface area contributed by atoms with Crippen molar-refractivity contribution >= 4 is 27.5 Å². The smallest absolute Gasteiger partial charge is 0.264 e. The highest BCUT2D eigenvalue weighted by Gasteiger charge is 2.22. The lowest BCUT2D eigenvalue weighted by Gasteiger charge is -2.13. The van der Waals surface area contributed by atoms with E-state index in [1.807, 2.05) is 50.2 Å². The van der Waals surface area contributed by atoms with E-state index in [-0.39, 0.29) is 5.56 Å². The normalized spacial score (nSPS) is 11.2. The predicted molar refractivity (Wildman–Crippen MR) is 109 cm³/mol. The molecule has 2 N–H and O–H groups in total. The van der Waals surface area contributed by atoms with Gasteiger partial charge in [-0.05, 0) is 38.0 Å². The van der Waals surface area contributed by atoms with Gasteiger partial charge in [0.05, 0.1) is 22.5 Å². The summed E-state index contributed by atoms with van der Waals surface area (Å²) in [5.74, 6) is -0.133. The first-order valence-corrected chi connectivity index (χ1v) is 9.59. The molecule has 0 saturated heterocycles. The summed E-state index contributed by atoms with van der Waals surface area (Å²) in [4.78, 5) is 30.8. The Morgan fingerprint density at radius 2 is 1.89 bits per heavy atom. The van der Waals surface area contributed by atoms with Crippen LogP contribution in [0.4, 0.5) is 0 Å². The highest BCUT2D eigenvalue weighted by atomic mass is 32.1. The van der Waals surface area contributed by atoms with E-state index in [1.54, 1.807) is 16.2 Å². The molecule has 28 heavy (non-hydrogen) atoms. The minimum atomic E-state index is -0.554. The molecule has 0 bridgehead atoms. The Bertz CT molecular complexity index is 1270. The van der Waals surface area contributed by atoms with Gasteiger partial charge >= 0.3 is 0 Å². The topological polar surface area (TPSA) is 95.8 Å². The van der Waals surface area contributed by atoms with Crippen LogP contribution in [0.15, 0.2) is 41.2 Å². The van der Waals surface area contributed by atoms with Crippen LogP contribution in [0.2, 0.25) is 0 Å². The molecular weight excluding hydrogens is 374 g/mol. The Morgan fingerprint density at radius 3 is 2.50 bits per heavy atom. The molecule has 0 radical (unpaired) electrons. The number of benzene rings is 1. The number of amides is 1. The second-order valence-electron chi connectivity index (χ2n) is 6.73. The van der Waals surface area contributed by atoms with Crippen molar-refractivity contribution in [2.45, 2.75) is 27.3 Å². The summed E-state index contributed by atoms with van der Waals surface area (Å²) >= 11 is 1.14. The molecule has 7 nitrogen and oxygen atoms in total. The van der Waals surface area contributed by atoms with Gasteiger partial charge in [0.25, 0.3) is 11.5 Å². The number of primary amides is 1. The van der Waals surface area contributed by atoms with Gasteiger partial charge < -0.3 is 5.73 Å². The SMILES string of the molecule is Cc1cc(C)n(-c2nc3sc(C(N)=O)c(C)c3c(=O)n2Cc2ccccc2)n1. The summed E-state index contributed by atoms with van der Waals surface area (Å²) in [6.07, 6.45) is 0. The van der Waals surface area contributed by atoms with Gasteiger partial charge in [-0.3, -0.25) is 14.2 Å². The first kappa shape index (κ1) is 18.1. The van der Waals surface area contributed by atoms with E-state index in [1.165, 1.54) is 0 Å². The van der Waals surface area contributed by atoms with Crippen LogP contribution in [0.5, 0.6) is 0 Å². The van der Waals surface area contributed by atoms with E-state index in [0.717, 1.165) is 28.3 Å². The van der Waals surface area contributed by atoms with Gasteiger partial charge in [-0.1, -0.05) is 30.3 Å². The summed E-state index contributed by atoms with van der Waals surface area (Å²) in [6.45, 7) is 5.88. The fraction of sp³-hybridized carbons (Fsp3) is 0.200. The third-order valence-electron chi connectivity index (χ3n) is 4.64. The van der Waals surface area contributed by atoms with Crippen molar-refractivity contribution in [3.05, 3.63) is 74.1 Å². The number of nitrogens with zero attached hydrogens (tertiary/aromatic N) is 4. The van der Waals surface area contributed by atoms with Crippen LogP contribution in [0.25, 0.3) is 16.2 Å². The molecule has 0 spiro atoms. The predicted octanol–water partition coefficient (Wildman–Crippen LogP) is 2.72. The Labute approximate surface area is 165 Å². The number of hydrogen-bond acceptors (Lipinski definition) is 5. The molecule has 0 aliphatic rings. The first-order valence-electron chi connectivity index (χ1n) is 8.78. The highest BCUT2D eigenvalue weighted by molar-refractivity contribution is 7.20. The van der Waals surface area contributed by atoms with Crippen molar-refractivity contribution in [2.24, 2.45) is 5.73 Å². The summed E-state index contributed by atoms with van der Waals surface area (Å²) in [7, 11) is 0. The number of rotatable bonds is 4. The van der Waals surface area contributed by atoms with Crippen molar-refractivity contribution in [3.8, 4) is 5.95 Å². The third-order valence-corrected chi connectivity index (χ3v) is 5.84. The zero-order chi connectivity index (χ0) is 20.0. The molecule has 1 amide bonds. The Kier molecular flexibility index (Phi) is 4.35. The largest absolute Gasteiger partial charge is 0.365 e. The average Bonchev–Trinajstić information content (AvgIpc) is 3.17. The van der Waals surface area contributed by atoms with Gasteiger partial charge in [-0.25, -0.2) is 9.67 Å². The van der Waals surface area contributed by atoms with Gasteiger partial charge in [0.2, 0.25) is 5.95 Å². The number of fused-ring (bicyclic) bond motifs is 1. The van der Waals surface area contributed by atoms with Crippen molar-refractivity contribution < 1.29 is 4.79 Å². The molecule has 0 unspecified atom stereocenters. The van der Waals surface area contributed by atoms with Crippen LogP contribution in [0, 0.1) is 20.8 Å². The van der Waals surface area contributed by atoms with Crippen LogP contribution in [0.1, 0.15) is 32.2 Å². The Balaban J connectivity index is 2.05. The number of aromatic nitrogens is 4. The molecular formula is C20H19N5O2S. The maximum Gasteiger partial charge on any atom is 0.264 e. The van der Waals surface area contributed by atoms with Crippen molar-refractivity contribution in [3.63, 3.8) is 0 Å². The second kappa shape index (κ2) is 6.72. The zero-order valence-electron chi connectivity index (χ0n) is 15.8. The number of hydrogen-bond donors (Lipinski definition) is 1. The third kappa shape index (κ3) is 2.91. The molecule has 0 fully saturated rings. The lowest BCUT2D eigenvalue weighted by atomic mass is 10.2. The zero-order valence-corrected chi connectivity index (χ0v) is 16.6. The average molecular weight is 393 g/mol. The van der Waals surface area contributed by atoms with E-state index in [9.17, 15) is 9.59 Å². The fourth-order valence-electron chi connectivity index (χ4n) is 3.34. The molecule has 0 saturated carbocycles. The summed E-state index contributed by atoms with van der Waals surface area (Å²) in [6, 6.07) is 11.6. The van der Waals surface area contributed by atoms with Crippen LogP contribution >= 0.6 is 11.3 Å². The summed E-state index contributed by atoms with van der Waals surface area (Å²) in [5, 5.41) is 4.93. The number of nitrogens with two attached hydrogens (primary N) is 1.